The van der Waals surface area contributed by atoms with Gasteiger partial charge in [-0.25, -0.2) is 4.79 Å². The maximum absolute atomic E-state index is 12.1. The first-order valence-electron chi connectivity index (χ1n) is 7.71. The van der Waals surface area contributed by atoms with Crippen molar-refractivity contribution in [3.63, 3.8) is 0 Å². The average Bonchev–Trinajstić information content (AvgIpc) is 3.07. The molecule has 1 N–H and O–H groups in total. The Labute approximate surface area is 134 Å². The fourth-order valence-corrected chi connectivity index (χ4v) is 2.25. The molecule has 122 valence electrons. The Hall–Kier alpha value is -2.41. The lowest BCUT2D eigenvalue weighted by atomic mass is 10.2. The Balaban J connectivity index is 1.65. The highest BCUT2D eigenvalue weighted by Crippen LogP contribution is 2.22. The molecule has 0 aliphatic carbocycles. The molecule has 2 heterocycles. The Morgan fingerprint density at radius 1 is 1.22 bits per heavy atom. The molecule has 1 fully saturated rings. The molecule has 1 saturated heterocycles. The van der Waals surface area contributed by atoms with Crippen LogP contribution in [0.5, 0.6) is 0 Å². The molecular weight excluding hydrogens is 296 g/mol. The van der Waals surface area contributed by atoms with Crippen LogP contribution in [0.1, 0.15) is 25.6 Å². The third-order valence-corrected chi connectivity index (χ3v) is 3.64. The molecule has 1 aromatic heterocycles. The lowest BCUT2D eigenvalue weighted by molar-refractivity contribution is 0.0564. The number of nitrogens with one attached hydrogen (secondary N) is 1. The van der Waals surface area contributed by atoms with E-state index in [1.807, 2.05) is 38.1 Å². The number of carbonyl (C=O) groups is 1. The monoisotopic (exact) mass is 316 g/mol. The van der Waals surface area contributed by atoms with Crippen LogP contribution in [0.2, 0.25) is 0 Å². The number of anilines is 1. The predicted molar refractivity (Wildman–Crippen MR) is 85.2 cm³/mol. The van der Waals surface area contributed by atoms with Crippen LogP contribution in [0.3, 0.4) is 0 Å². The van der Waals surface area contributed by atoms with Gasteiger partial charge in [-0.1, -0.05) is 19.0 Å². The molecule has 7 nitrogen and oxygen atoms in total. The Kier molecular flexibility index (Phi) is 4.57. The van der Waals surface area contributed by atoms with Gasteiger partial charge in [0.25, 0.3) is 5.89 Å². The van der Waals surface area contributed by atoms with Crippen molar-refractivity contribution >= 4 is 11.7 Å². The first-order chi connectivity index (χ1) is 11.1. The highest BCUT2D eigenvalue weighted by molar-refractivity contribution is 5.89. The van der Waals surface area contributed by atoms with Crippen molar-refractivity contribution < 1.29 is 14.1 Å². The number of morpholine rings is 1. The van der Waals surface area contributed by atoms with E-state index >= 15 is 0 Å². The summed E-state index contributed by atoms with van der Waals surface area (Å²) < 4.78 is 10.5. The van der Waals surface area contributed by atoms with Crippen molar-refractivity contribution in [2.45, 2.75) is 19.8 Å². The summed E-state index contributed by atoms with van der Waals surface area (Å²) >= 11 is 0. The van der Waals surface area contributed by atoms with Crippen LogP contribution in [0, 0.1) is 0 Å². The van der Waals surface area contributed by atoms with Crippen LogP contribution < -0.4 is 5.32 Å². The summed E-state index contributed by atoms with van der Waals surface area (Å²) in [7, 11) is 0. The minimum Gasteiger partial charge on any atom is -0.378 e. The van der Waals surface area contributed by atoms with Crippen LogP contribution in [0.15, 0.2) is 28.8 Å². The first kappa shape index (κ1) is 15.5. The van der Waals surface area contributed by atoms with Gasteiger partial charge in [0.2, 0.25) is 0 Å². The van der Waals surface area contributed by atoms with Crippen molar-refractivity contribution in [1.82, 2.24) is 15.0 Å². The molecule has 0 unspecified atom stereocenters. The molecule has 7 heteroatoms. The lowest BCUT2D eigenvalue weighted by Gasteiger charge is -2.26. The fraction of sp³-hybridized carbons (Fsp3) is 0.438. The van der Waals surface area contributed by atoms with Crippen LogP contribution in [0.4, 0.5) is 10.5 Å². The smallest absolute Gasteiger partial charge is 0.321 e. The Morgan fingerprint density at radius 3 is 2.52 bits per heavy atom. The van der Waals surface area contributed by atoms with Crippen LogP contribution in [0.25, 0.3) is 11.5 Å². The van der Waals surface area contributed by atoms with Gasteiger partial charge >= 0.3 is 6.03 Å². The number of benzene rings is 1. The molecule has 0 saturated carbocycles. The maximum Gasteiger partial charge on any atom is 0.321 e. The van der Waals surface area contributed by atoms with Gasteiger partial charge < -0.3 is 19.5 Å². The molecule has 0 radical (unpaired) electrons. The van der Waals surface area contributed by atoms with Gasteiger partial charge in [0.1, 0.15) is 0 Å². The third kappa shape index (κ3) is 3.68. The number of urea groups is 1. The van der Waals surface area contributed by atoms with Gasteiger partial charge in [-0.15, -0.1) is 0 Å². The van der Waals surface area contributed by atoms with E-state index < -0.39 is 0 Å². The Bertz CT molecular complexity index is 660. The number of amides is 2. The molecule has 2 aromatic rings. The number of nitrogens with zero attached hydrogens (tertiary/aromatic N) is 3. The second-order valence-corrected chi connectivity index (χ2v) is 5.72. The molecule has 1 aromatic carbocycles. The lowest BCUT2D eigenvalue weighted by Crippen LogP contribution is -2.43. The quantitative estimate of drug-likeness (QED) is 0.941. The van der Waals surface area contributed by atoms with E-state index in [0.29, 0.717) is 38.0 Å². The molecule has 1 aliphatic heterocycles. The Morgan fingerprint density at radius 2 is 1.91 bits per heavy atom. The molecule has 0 atom stereocenters. The zero-order valence-corrected chi connectivity index (χ0v) is 13.3. The summed E-state index contributed by atoms with van der Waals surface area (Å²) in [5.41, 5.74) is 1.56. The standard InChI is InChI=1S/C16H20N4O3/c1-11(2)14-18-15(23-19-14)12-3-5-13(6-4-12)17-16(21)20-7-9-22-10-8-20/h3-6,11H,7-10H2,1-2H3,(H,17,21). The number of hydrogen-bond donors (Lipinski definition) is 1. The number of aromatic nitrogens is 2. The van der Waals surface area contributed by atoms with Crippen LogP contribution >= 0.6 is 0 Å². The van der Waals surface area contributed by atoms with Crippen molar-refractivity contribution in [3.8, 4) is 11.5 Å². The molecule has 1 aliphatic rings. The van der Waals surface area contributed by atoms with Crippen molar-refractivity contribution in [2.24, 2.45) is 0 Å². The molecule has 23 heavy (non-hydrogen) atoms. The molecular formula is C16H20N4O3. The zero-order valence-electron chi connectivity index (χ0n) is 13.3. The van der Waals surface area contributed by atoms with E-state index in [1.54, 1.807) is 4.90 Å². The van der Waals surface area contributed by atoms with E-state index in [9.17, 15) is 4.79 Å². The van der Waals surface area contributed by atoms with Gasteiger partial charge in [0.15, 0.2) is 5.82 Å². The SMILES string of the molecule is CC(C)c1noc(-c2ccc(NC(=O)N3CCOCC3)cc2)n1. The maximum atomic E-state index is 12.1. The molecule has 3 rings (SSSR count). The van der Waals surface area contributed by atoms with Gasteiger partial charge in [0.05, 0.1) is 13.2 Å². The second-order valence-electron chi connectivity index (χ2n) is 5.72. The minimum atomic E-state index is -0.110. The molecule has 0 bridgehead atoms. The average molecular weight is 316 g/mol. The zero-order chi connectivity index (χ0) is 16.2. The normalized spacial score (nSPS) is 15.0. The van der Waals surface area contributed by atoms with Gasteiger partial charge in [-0.2, -0.15) is 4.98 Å². The van der Waals surface area contributed by atoms with Crippen LogP contribution in [-0.2, 0) is 4.74 Å². The molecule has 2 amide bonds. The van der Waals surface area contributed by atoms with E-state index in [-0.39, 0.29) is 11.9 Å². The van der Waals surface area contributed by atoms with Gasteiger partial charge in [0, 0.05) is 30.3 Å². The topological polar surface area (TPSA) is 80.5 Å². The number of rotatable bonds is 3. The molecule has 0 spiro atoms. The van der Waals surface area contributed by atoms with Crippen molar-refractivity contribution in [3.05, 3.63) is 30.1 Å². The second kappa shape index (κ2) is 6.78. The van der Waals surface area contributed by atoms with E-state index in [0.717, 1.165) is 11.3 Å². The summed E-state index contributed by atoms with van der Waals surface area (Å²) in [6.45, 7) is 6.43. The highest BCUT2D eigenvalue weighted by Gasteiger charge is 2.17. The largest absolute Gasteiger partial charge is 0.378 e. The summed E-state index contributed by atoms with van der Waals surface area (Å²) in [5.74, 6) is 1.39. The first-order valence-corrected chi connectivity index (χ1v) is 7.71. The van der Waals surface area contributed by atoms with E-state index in [1.165, 1.54) is 0 Å². The number of ether oxygens (including phenoxy) is 1. The highest BCUT2D eigenvalue weighted by atomic mass is 16.5. The van der Waals surface area contributed by atoms with Crippen molar-refractivity contribution in [2.75, 3.05) is 31.6 Å². The summed E-state index contributed by atoms with van der Waals surface area (Å²) in [5, 5.41) is 6.83. The summed E-state index contributed by atoms with van der Waals surface area (Å²) in [6.07, 6.45) is 0. The fourth-order valence-electron chi connectivity index (χ4n) is 2.25. The number of carbonyl (C=O) groups excluding carboxylic acids is 1. The van der Waals surface area contributed by atoms with E-state index in [4.69, 9.17) is 9.26 Å². The predicted octanol–water partition coefficient (Wildman–Crippen LogP) is 2.72. The van der Waals surface area contributed by atoms with E-state index in [2.05, 4.69) is 15.5 Å². The summed E-state index contributed by atoms with van der Waals surface area (Å²) in [6, 6.07) is 7.25. The summed E-state index contributed by atoms with van der Waals surface area (Å²) in [4.78, 5) is 18.2. The number of hydrogen-bond acceptors (Lipinski definition) is 5. The van der Waals surface area contributed by atoms with Gasteiger partial charge in [-0.05, 0) is 24.3 Å². The van der Waals surface area contributed by atoms with Crippen molar-refractivity contribution in [1.29, 1.82) is 0 Å². The minimum absolute atomic E-state index is 0.110. The van der Waals surface area contributed by atoms with Gasteiger partial charge in [-0.3, -0.25) is 0 Å². The van der Waals surface area contributed by atoms with Crippen LogP contribution in [-0.4, -0.2) is 47.4 Å². The third-order valence-electron chi connectivity index (χ3n) is 3.64.